The van der Waals surface area contributed by atoms with E-state index >= 15 is 0 Å². The van der Waals surface area contributed by atoms with E-state index in [1.807, 2.05) is 22.9 Å². The maximum absolute atomic E-state index is 12.4. The lowest BCUT2D eigenvalue weighted by Gasteiger charge is -2.26. The number of amides is 1. The highest BCUT2D eigenvalue weighted by Crippen LogP contribution is 2.23. The maximum atomic E-state index is 12.4. The van der Waals surface area contributed by atoms with E-state index < -0.39 is 9.84 Å². The first-order valence-corrected chi connectivity index (χ1v) is 9.46. The van der Waals surface area contributed by atoms with Crippen LogP contribution in [0.3, 0.4) is 0 Å². The number of carbonyl (C=O) groups is 1. The van der Waals surface area contributed by atoms with Gasteiger partial charge < -0.3 is 9.80 Å². The summed E-state index contributed by atoms with van der Waals surface area (Å²) < 4.78 is 23.2. The van der Waals surface area contributed by atoms with Crippen molar-refractivity contribution in [1.82, 2.24) is 9.88 Å². The van der Waals surface area contributed by atoms with Gasteiger partial charge in [-0.1, -0.05) is 0 Å². The summed E-state index contributed by atoms with van der Waals surface area (Å²) in [6.45, 7) is 1.61. The predicted molar refractivity (Wildman–Crippen MR) is 84.8 cm³/mol. The van der Waals surface area contributed by atoms with Crippen molar-refractivity contribution in [1.29, 1.82) is 0 Å². The number of hydrogen-bond acceptors (Lipinski definition) is 5. The molecule has 1 aromatic rings. The van der Waals surface area contributed by atoms with Crippen molar-refractivity contribution in [3.8, 4) is 0 Å². The van der Waals surface area contributed by atoms with Gasteiger partial charge in [-0.2, -0.15) is 0 Å². The second kappa shape index (κ2) is 5.87. The summed E-state index contributed by atoms with van der Waals surface area (Å²) in [6.07, 6.45) is 6.01. The number of likely N-dealkylation sites (tertiary alicyclic amines) is 1. The highest BCUT2D eigenvalue weighted by Gasteiger charge is 2.31. The van der Waals surface area contributed by atoms with Crippen LogP contribution in [-0.2, 0) is 9.84 Å². The number of carbonyl (C=O) groups excluding carboxylic acids is 1. The predicted octanol–water partition coefficient (Wildman–Crippen LogP) is 0.941. The molecule has 0 bridgehead atoms. The van der Waals surface area contributed by atoms with E-state index in [0.717, 1.165) is 31.6 Å². The quantitative estimate of drug-likeness (QED) is 0.828. The van der Waals surface area contributed by atoms with Crippen LogP contribution in [0.25, 0.3) is 0 Å². The van der Waals surface area contributed by atoms with Crippen molar-refractivity contribution in [2.45, 2.75) is 25.3 Å². The zero-order valence-electron chi connectivity index (χ0n) is 12.7. The zero-order chi connectivity index (χ0) is 15.7. The van der Waals surface area contributed by atoms with Gasteiger partial charge in [-0.05, 0) is 25.3 Å². The minimum absolute atomic E-state index is 0.0132. The van der Waals surface area contributed by atoms with E-state index in [2.05, 4.69) is 4.98 Å². The number of rotatable bonds is 3. The van der Waals surface area contributed by atoms with E-state index in [0.29, 0.717) is 12.0 Å². The second-order valence-corrected chi connectivity index (χ2v) is 8.33. The Kier molecular flexibility index (Phi) is 4.08. The van der Waals surface area contributed by atoms with Crippen LogP contribution in [0.15, 0.2) is 18.5 Å². The molecule has 0 aliphatic carbocycles. The fourth-order valence-electron chi connectivity index (χ4n) is 3.13. The first-order chi connectivity index (χ1) is 10.5. The molecule has 0 N–H and O–H groups in total. The average molecular weight is 323 g/mol. The molecule has 1 atom stereocenters. The lowest BCUT2D eigenvalue weighted by molar-refractivity contribution is 0.0792. The first-order valence-electron chi connectivity index (χ1n) is 7.64. The van der Waals surface area contributed by atoms with E-state index in [1.54, 1.807) is 12.4 Å². The van der Waals surface area contributed by atoms with Gasteiger partial charge in [-0.3, -0.25) is 9.78 Å². The maximum Gasteiger partial charge on any atom is 0.255 e. The molecule has 6 nitrogen and oxygen atoms in total. The van der Waals surface area contributed by atoms with E-state index in [4.69, 9.17) is 0 Å². The fourth-order valence-corrected chi connectivity index (χ4v) is 4.91. The molecule has 3 rings (SSSR count). The normalized spacial score (nSPS) is 23.7. The van der Waals surface area contributed by atoms with E-state index in [-0.39, 0.29) is 23.5 Å². The molecule has 0 spiro atoms. The number of aromatic nitrogens is 1. The van der Waals surface area contributed by atoms with Crippen molar-refractivity contribution < 1.29 is 13.2 Å². The third-order valence-corrected chi connectivity index (χ3v) is 6.28. The van der Waals surface area contributed by atoms with Crippen molar-refractivity contribution in [3.63, 3.8) is 0 Å². The molecule has 0 saturated carbocycles. The van der Waals surface area contributed by atoms with Gasteiger partial charge in [-0.15, -0.1) is 0 Å². The monoisotopic (exact) mass is 323 g/mol. The van der Waals surface area contributed by atoms with Gasteiger partial charge in [0, 0.05) is 32.4 Å². The summed E-state index contributed by atoms with van der Waals surface area (Å²) in [4.78, 5) is 20.4. The molecule has 22 heavy (non-hydrogen) atoms. The summed E-state index contributed by atoms with van der Waals surface area (Å²) in [5.74, 6) is 0.426. The number of nitrogens with zero attached hydrogens (tertiary/aromatic N) is 3. The summed E-state index contributed by atoms with van der Waals surface area (Å²) in [5, 5.41) is 0. The summed E-state index contributed by atoms with van der Waals surface area (Å²) in [6, 6.07) is 1.78. The van der Waals surface area contributed by atoms with Crippen LogP contribution in [0.5, 0.6) is 0 Å². The van der Waals surface area contributed by atoms with Gasteiger partial charge in [0.2, 0.25) is 0 Å². The molecule has 0 aromatic carbocycles. The second-order valence-electron chi connectivity index (χ2n) is 6.10. The summed E-state index contributed by atoms with van der Waals surface area (Å²) in [5.41, 5.74) is 1.37. The van der Waals surface area contributed by atoms with E-state index in [1.165, 1.54) is 0 Å². The largest absolute Gasteiger partial charge is 0.369 e. The minimum atomic E-state index is -2.93. The molecule has 0 radical (unpaired) electrons. The Morgan fingerprint density at radius 1 is 1.32 bits per heavy atom. The Bertz CT molecular complexity index is 668. The van der Waals surface area contributed by atoms with Gasteiger partial charge in [0.25, 0.3) is 5.91 Å². The molecule has 2 saturated heterocycles. The fraction of sp³-hybridized carbons (Fsp3) is 0.600. The zero-order valence-corrected chi connectivity index (χ0v) is 13.6. The standard InChI is InChI=1S/C15H21N3O3S/c1-17(13-4-7-22(20,21)11-13)14-8-12(9-16-10-14)15(19)18-5-2-3-6-18/h8-10,13H,2-7,11H2,1H3. The van der Waals surface area contributed by atoms with Gasteiger partial charge in [0.05, 0.1) is 29.0 Å². The summed E-state index contributed by atoms with van der Waals surface area (Å²) in [7, 11) is -1.06. The first kappa shape index (κ1) is 15.3. The van der Waals surface area contributed by atoms with Gasteiger partial charge in [-0.25, -0.2) is 8.42 Å². The number of sulfone groups is 1. The van der Waals surface area contributed by atoms with Crippen molar-refractivity contribution in [2.75, 3.05) is 36.5 Å². The molecule has 7 heteroatoms. The Labute approximate surface area is 131 Å². The minimum Gasteiger partial charge on any atom is -0.369 e. The molecule has 2 fully saturated rings. The molecule has 2 aliphatic heterocycles. The molecular weight excluding hydrogens is 302 g/mol. The van der Waals surface area contributed by atoms with Crippen LogP contribution in [0.1, 0.15) is 29.6 Å². The van der Waals surface area contributed by atoms with Gasteiger partial charge in [0.1, 0.15) is 0 Å². The van der Waals surface area contributed by atoms with Crippen molar-refractivity contribution in [3.05, 3.63) is 24.0 Å². The third-order valence-electron chi connectivity index (χ3n) is 4.53. The Morgan fingerprint density at radius 2 is 2.05 bits per heavy atom. The topological polar surface area (TPSA) is 70.6 Å². The van der Waals surface area contributed by atoms with Crippen molar-refractivity contribution in [2.24, 2.45) is 0 Å². The van der Waals surface area contributed by atoms with E-state index in [9.17, 15) is 13.2 Å². The molecule has 1 amide bonds. The smallest absolute Gasteiger partial charge is 0.255 e. The number of pyridine rings is 1. The van der Waals surface area contributed by atoms with Gasteiger partial charge in [0.15, 0.2) is 9.84 Å². The SMILES string of the molecule is CN(c1cncc(C(=O)N2CCCC2)c1)C1CCS(=O)(=O)C1. The molecule has 1 unspecified atom stereocenters. The summed E-state index contributed by atoms with van der Waals surface area (Å²) >= 11 is 0. The molecule has 3 heterocycles. The highest BCUT2D eigenvalue weighted by atomic mass is 32.2. The van der Waals surface area contributed by atoms with Crippen LogP contribution < -0.4 is 4.90 Å². The Hall–Kier alpha value is -1.63. The molecule has 120 valence electrons. The van der Waals surface area contributed by atoms with Crippen LogP contribution >= 0.6 is 0 Å². The van der Waals surface area contributed by atoms with Crippen LogP contribution in [0.4, 0.5) is 5.69 Å². The Morgan fingerprint density at radius 3 is 2.68 bits per heavy atom. The Balaban J connectivity index is 1.77. The molecule has 2 aliphatic rings. The van der Waals surface area contributed by atoms with Gasteiger partial charge >= 0.3 is 0 Å². The van der Waals surface area contributed by atoms with Crippen LogP contribution in [-0.4, -0.2) is 61.9 Å². The highest BCUT2D eigenvalue weighted by molar-refractivity contribution is 7.91. The third kappa shape index (κ3) is 3.09. The lowest BCUT2D eigenvalue weighted by atomic mass is 10.2. The molecule has 1 aromatic heterocycles. The van der Waals surface area contributed by atoms with Crippen molar-refractivity contribution >= 4 is 21.4 Å². The average Bonchev–Trinajstić information content (AvgIpc) is 3.15. The lowest BCUT2D eigenvalue weighted by Crippen LogP contribution is -2.33. The van der Waals surface area contributed by atoms with Crippen LogP contribution in [0.2, 0.25) is 0 Å². The number of anilines is 1. The van der Waals surface area contributed by atoms with Crippen LogP contribution in [0, 0.1) is 0 Å². The number of hydrogen-bond donors (Lipinski definition) is 0. The molecular formula is C15H21N3O3S.